The van der Waals surface area contributed by atoms with Crippen molar-refractivity contribution < 1.29 is 40.6 Å². The molecule has 1 amide bonds. The van der Waals surface area contributed by atoms with Gasteiger partial charge in [-0.15, -0.1) is 0 Å². The molecular weight excluding hydrogens is 263 g/mol. The zero-order valence-electron chi connectivity index (χ0n) is 8.12. The largest absolute Gasteiger partial charge is 0.460 e. The van der Waals surface area contributed by atoms with E-state index in [4.69, 9.17) is 5.11 Å². The topological polar surface area (TPSA) is 49.3 Å². The Morgan fingerprint density at radius 2 is 1.53 bits per heavy atom. The van der Waals surface area contributed by atoms with Crippen LogP contribution in [0.5, 0.6) is 0 Å². The van der Waals surface area contributed by atoms with Gasteiger partial charge in [-0.2, -0.15) is 30.7 Å². The molecule has 0 bridgehead atoms. The van der Waals surface area contributed by atoms with Crippen molar-refractivity contribution >= 4 is 5.91 Å². The number of hydrogen-bond acceptors (Lipinski definition) is 2. The highest BCUT2D eigenvalue weighted by molar-refractivity contribution is 5.84. The van der Waals surface area contributed by atoms with Crippen LogP contribution in [-0.4, -0.2) is 42.2 Å². The van der Waals surface area contributed by atoms with Gasteiger partial charge in [0.2, 0.25) is 0 Å². The third-order valence-electron chi connectivity index (χ3n) is 1.66. The van der Waals surface area contributed by atoms with Gasteiger partial charge in [-0.05, 0) is 6.42 Å². The van der Waals surface area contributed by atoms with E-state index in [1.807, 2.05) is 0 Å². The van der Waals surface area contributed by atoms with E-state index in [-0.39, 0.29) is 6.42 Å². The van der Waals surface area contributed by atoms with E-state index in [1.54, 1.807) is 0 Å². The number of rotatable bonds is 5. The lowest BCUT2D eigenvalue weighted by molar-refractivity contribution is -0.344. The van der Waals surface area contributed by atoms with Gasteiger partial charge >= 0.3 is 18.0 Å². The number of amides is 1. The molecule has 0 aliphatic carbocycles. The van der Waals surface area contributed by atoms with Crippen LogP contribution < -0.4 is 5.32 Å². The molecule has 102 valence electrons. The molecule has 17 heavy (non-hydrogen) atoms. The van der Waals surface area contributed by atoms with Crippen molar-refractivity contribution in [2.24, 2.45) is 0 Å². The fourth-order valence-electron chi connectivity index (χ4n) is 0.713. The van der Waals surface area contributed by atoms with Gasteiger partial charge in [0.25, 0.3) is 5.91 Å². The summed E-state index contributed by atoms with van der Waals surface area (Å²) in [6.45, 7) is -1.18. The van der Waals surface area contributed by atoms with Crippen LogP contribution in [0.4, 0.5) is 30.7 Å². The first-order valence-corrected chi connectivity index (χ1v) is 4.20. The fourth-order valence-corrected chi connectivity index (χ4v) is 0.713. The summed E-state index contributed by atoms with van der Waals surface area (Å²) < 4.78 is 84.6. The van der Waals surface area contributed by atoms with Gasteiger partial charge in [0, 0.05) is 13.2 Å². The van der Waals surface area contributed by atoms with E-state index in [0.29, 0.717) is 0 Å². The van der Waals surface area contributed by atoms with Crippen LogP contribution in [0.1, 0.15) is 6.42 Å². The molecule has 0 fully saturated rings. The highest BCUT2D eigenvalue weighted by Crippen LogP contribution is 2.46. The van der Waals surface area contributed by atoms with Crippen molar-refractivity contribution in [1.82, 2.24) is 5.32 Å². The van der Waals surface area contributed by atoms with E-state index in [0.717, 1.165) is 0 Å². The zero-order chi connectivity index (χ0) is 13.9. The van der Waals surface area contributed by atoms with Gasteiger partial charge in [0.15, 0.2) is 0 Å². The summed E-state index contributed by atoms with van der Waals surface area (Å²) in [6.07, 6.45) is -6.79. The predicted octanol–water partition coefficient (Wildman–Crippen LogP) is 1.32. The minimum absolute atomic E-state index is 0.251. The average Bonchev–Trinajstić information content (AvgIpc) is 2.15. The molecule has 0 aromatic rings. The highest BCUT2D eigenvalue weighted by atomic mass is 19.4. The molecule has 0 atom stereocenters. The number of halogens is 7. The average molecular weight is 271 g/mol. The van der Waals surface area contributed by atoms with Gasteiger partial charge in [-0.3, -0.25) is 4.79 Å². The highest BCUT2D eigenvalue weighted by Gasteiger charge is 2.76. The second-order valence-corrected chi connectivity index (χ2v) is 2.98. The van der Waals surface area contributed by atoms with E-state index in [9.17, 15) is 35.5 Å². The Morgan fingerprint density at radius 3 is 1.88 bits per heavy atom. The van der Waals surface area contributed by atoms with Crippen LogP contribution in [0.15, 0.2) is 0 Å². The van der Waals surface area contributed by atoms with Crippen LogP contribution in [0, 0.1) is 0 Å². The molecule has 0 heterocycles. The SMILES string of the molecule is O=C(NCCCO)C(F)(F)C(F)(F)C(F)(F)F. The van der Waals surface area contributed by atoms with E-state index < -0.39 is 37.1 Å². The smallest absolute Gasteiger partial charge is 0.396 e. The van der Waals surface area contributed by atoms with Crippen LogP contribution in [0.2, 0.25) is 0 Å². The molecule has 10 heteroatoms. The maximum absolute atomic E-state index is 12.6. The van der Waals surface area contributed by atoms with Crippen LogP contribution in [0.25, 0.3) is 0 Å². The number of carbonyl (C=O) groups excluding carboxylic acids is 1. The number of alkyl halides is 7. The number of aliphatic hydroxyl groups excluding tert-OH is 1. The molecule has 0 spiro atoms. The van der Waals surface area contributed by atoms with Gasteiger partial charge in [-0.1, -0.05) is 0 Å². The normalized spacial score (nSPS) is 13.6. The van der Waals surface area contributed by atoms with Crippen molar-refractivity contribution in [3.05, 3.63) is 0 Å². The molecule has 3 nitrogen and oxygen atoms in total. The summed E-state index contributed by atoms with van der Waals surface area (Å²) in [7, 11) is 0. The lowest BCUT2D eigenvalue weighted by Crippen LogP contribution is -2.59. The third-order valence-corrected chi connectivity index (χ3v) is 1.66. The molecular formula is C7H8F7NO2. The predicted molar refractivity (Wildman–Crippen MR) is 40.7 cm³/mol. The van der Waals surface area contributed by atoms with Crippen molar-refractivity contribution in [3.63, 3.8) is 0 Å². The van der Waals surface area contributed by atoms with Gasteiger partial charge < -0.3 is 10.4 Å². The molecule has 0 aromatic carbocycles. The summed E-state index contributed by atoms with van der Waals surface area (Å²) in [5.74, 6) is -15.1. The van der Waals surface area contributed by atoms with Gasteiger partial charge in [0.05, 0.1) is 0 Å². The Labute approximate surface area is 90.6 Å². The summed E-state index contributed by atoms with van der Waals surface area (Å²) >= 11 is 0. The first-order chi connectivity index (χ1) is 7.48. The number of hydrogen-bond donors (Lipinski definition) is 2. The Kier molecular flexibility index (Phi) is 4.75. The number of nitrogens with one attached hydrogen (secondary N) is 1. The number of carbonyl (C=O) groups is 1. The van der Waals surface area contributed by atoms with E-state index >= 15 is 0 Å². The Bertz CT molecular complexity index is 276. The molecule has 0 aliphatic heterocycles. The molecule has 2 N–H and O–H groups in total. The van der Waals surface area contributed by atoms with E-state index in [1.165, 1.54) is 5.32 Å². The zero-order valence-corrected chi connectivity index (χ0v) is 8.12. The molecule has 0 radical (unpaired) electrons. The minimum atomic E-state index is -6.54. The summed E-state index contributed by atoms with van der Waals surface area (Å²) in [4.78, 5) is 10.5. The first-order valence-electron chi connectivity index (χ1n) is 4.20. The standard InChI is InChI=1S/C7H8F7NO2/c8-5(9,4(17)15-2-1-3-16)6(10,11)7(12,13)14/h16H,1-3H2,(H,15,17). The van der Waals surface area contributed by atoms with Crippen LogP contribution in [0.3, 0.4) is 0 Å². The molecule has 0 saturated heterocycles. The van der Waals surface area contributed by atoms with Gasteiger partial charge in [-0.25, -0.2) is 0 Å². The molecule has 0 saturated carbocycles. The second-order valence-electron chi connectivity index (χ2n) is 2.98. The lowest BCUT2D eigenvalue weighted by atomic mass is 10.1. The van der Waals surface area contributed by atoms with Crippen LogP contribution >= 0.6 is 0 Å². The summed E-state index contributed by atoms with van der Waals surface area (Å²) in [5.41, 5.74) is 0. The number of aliphatic hydroxyl groups is 1. The molecule has 0 aromatic heterocycles. The summed E-state index contributed by atoms with van der Waals surface area (Å²) in [6, 6.07) is 0. The van der Waals surface area contributed by atoms with E-state index in [2.05, 4.69) is 0 Å². The maximum Gasteiger partial charge on any atom is 0.460 e. The fraction of sp³-hybridized carbons (Fsp3) is 0.857. The Morgan fingerprint density at radius 1 is 1.06 bits per heavy atom. The third kappa shape index (κ3) is 3.20. The Hall–Kier alpha value is -1.06. The molecule has 0 aliphatic rings. The molecule has 0 unspecified atom stereocenters. The van der Waals surface area contributed by atoms with Gasteiger partial charge in [0.1, 0.15) is 0 Å². The maximum atomic E-state index is 12.6. The van der Waals surface area contributed by atoms with Crippen molar-refractivity contribution in [1.29, 1.82) is 0 Å². The Balaban J connectivity index is 4.82. The molecule has 0 rings (SSSR count). The monoisotopic (exact) mass is 271 g/mol. The van der Waals surface area contributed by atoms with Crippen molar-refractivity contribution in [3.8, 4) is 0 Å². The second kappa shape index (κ2) is 5.07. The first kappa shape index (κ1) is 15.9. The lowest BCUT2D eigenvalue weighted by Gasteiger charge is -2.26. The quantitative estimate of drug-likeness (QED) is 0.585. The van der Waals surface area contributed by atoms with Crippen LogP contribution in [-0.2, 0) is 4.79 Å². The van der Waals surface area contributed by atoms with Crippen molar-refractivity contribution in [2.45, 2.75) is 24.4 Å². The van der Waals surface area contributed by atoms with Crippen molar-refractivity contribution in [2.75, 3.05) is 13.2 Å². The summed E-state index contributed by atoms with van der Waals surface area (Å²) in [5, 5.41) is 9.38. The minimum Gasteiger partial charge on any atom is -0.396 e.